The van der Waals surface area contributed by atoms with E-state index < -0.39 is 16.1 Å². The summed E-state index contributed by atoms with van der Waals surface area (Å²) < 4.78 is 26.2. The molecule has 1 unspecified atom stereocenters. The molecule has 0 bridgehead atoms. The lowest BCUT2D eigenvalue weighted by atomic mass is 10.2. The van der Waals surface area contributed by atoms with Gasteiger partial charge in [-0.3, -0.25) is 0 Å². The van der Waals surface area contributed by atoms with Gasteiger partial charge in [0.1, 0.15) is 6.04 Å². The van der Waals surface area contributed by atoms with Gasteiger partial charge in [0, 0.05) is 0 Å². The van der Waals surface area contributed by atoms with Crippen molar-refractivity contribution >= 4 is 10.0 Å². The van der Waals surface area contributed by atoms with Crippen molar-refractivity contribution in [3.8, 4) is 6.07 Å². The van der Waals surface area contributed by atoms with Crippen LogP contribution in [0.4, 0.5) is 0 Å². The average molecular weight is 236 g/mol. The minimum Gasteiger partial charge on any atom is -0.207 e. The Labute approximate surface area is 95.0 Å². The maximum atomic E-state index is 11.9. The lowest BCUT2D eigenvalue weighted by Gasteiger charge is -2.10. The summed E-state index contributed by atoms with van der Waals surface area (Å²) in [5, 5.41) is 8.87. The van der Waals surface area contributed by atoms with Gasteiger partial charge in [-0.25, -0.2) is 8.42 Å². The third-order valence-corrected chi connectivity index (χ3v) is 4.03. The molecule has 1 atom stereocenters. The zero-order chi connectivity index (χ0) is 11.6. The van der Waals surface area contributed by atoms with Gasteiger partial charge in [0.05, 0.1) is 11.0 Å². The van der Waals surface area contributed by atoms with Crippen LogP contribution in [0.2, 0.25) is 0 Å². The van der Waals surface area contributed by atoms with Crippen LogP contribution in [0.3, 0.4) is 0 Å². The van der Waals surface area contributed by atoms with Gasteiger partial charge < -0.3 is 0 Å². The van der Waals surface area contributed by atoms with Crippen LogP contribution >= 0.6 is 0 Å². The molecular formula is C11H12N2O2S. The molecule has 1 aromatic carbocycles. The van der Waals surface area contributed by atoms with Crippen molar-refractivity contribution in [3.05, 3.63) is 30.3 Å². The quantitative estimate of drug-likeness (QED) is 0.855. The molecule has 1 aromatic rings. The molecule has 0 aromatic heterocycles. The first-order valence-corrected chi connectivity index (χ1v) is 6.59. The molecule has 1 aliphatic rings. The second-order valence-corrected chi connectivity index (χ2v) is 5.59. The molecule has 16 heavy (non-hydrogen) atoms. The summed E-state index contributed by atoms with van der Waals surface area (Å²) in [6, 6.07) is 9.51. The van der Waals surface area contributed by atoms with E-state index in [9.17, 15) is 8.42 Å². The van der Waals surface area contributed by atoms with Crippen molar-refractivity contribution in [1.82, 2.24) is 4.72 Å². The van der Waals surface area contributed by atoms with E-state index in [-0.39, 0.29) is 10.8 Å². The third-order valence-electron chi connectivity index (χ3n) is 2.57. The Bertz CT molecular complexity index is 501. The van der Waals surface area contributed by atoms with Gasteiger partial charge in [0.2, 0.25) is 10.0 Å². The Morgan fingerprint density at radius 1 is 1.31 bits per heavy atom. The van der Waals surface area contributed by atoms with E-state index in [2.05, 4.69) is 4.72 Å². The summed E-state index contributed by atoms with van der Waals surface area (Å²) in [6.45, 7) is 0. The maximum absolute atomic E-state index is 11.9. The van der Waals surface area contributed by atoms with Gasteiger partial charge in [-0.1, -0.05) is 18.2 Å². The highest BCUT2D eigenvalue weighted by Gasteiger charge is 2.34. The summed E-state index contributed by atoms with van der Waals surface area (Å²) >= 11 is 0. The Morgan fingerprint density at radius 3 is 2.44 bits per heavy atom. The van der Waals surface area contributed by atoms with Crippen LogP contribution in [-0.4, -0.2) is 14.5 Å². The van der Waals surface area contributed by atoms with Crippen molar-refractivity contribution in [3.63, 3.8) is 0 Å². The molecule has 1 fully saturated rings. The Kier molecular flexibility index (Phi) is 2.95. The van der Waals surface area contributed by atoms with E-state index in [1.807, 2.05) is 6.07 Å². The third kappa shape index (κ3) is 2.40. The molecule has 1 aliphatic carbocycles. The molecule has 2 rings (SSSR count). The molecule has 0 aliphatic heterocycles. The highest BCUT2D eigenvalue weighted by Crippen LogP contribution is 2.32. The van der Waals surface area contributed by atoms with Crippen molar-refractivity contribution in [2.45, 2.75) is 23.8 Å². The average Bonchev–Trinajstić information content (AvgIpc) is 3.11. The lowest BCUT2D eigenvalue weighted by molar-refractivity contribution is 0.560. The summed E-state index contributed by atoms with van der Waals surface area (Å²) in [5.74, 6) is 0.184. The monoisotopic (exact) mass is 236 g/mol. The number of nitriles is 1. The van der Waals surface area contributed by atoms with E-state index >= 15 is 0 Å². The van der Waals surface area contributed by atoms with E-state index in [0.29, 0.717) is 0 Å². The fraction of sp³-hybridized carbons (Fsp3) is 0.364. The zero-order valence-corrected chi connectivity index (χ0v) is 9.44. The van der Waals surface area contributed by atoms with Crippen LogP contribution in [0.1, 0.15) is 12.8 Å². The van der Waals surface area contributed by atoms with E-state index in [4.69, 9.17) is 5.26 Å². The molecular weight excluding hydrogens is 224 g/mol. The second kappa shape index (κ2) is 4.24. The van der Waals surface area contributed by atoms with Crippen LogP contribution in [0.15, 0.2) is 35.2 Å². The van der Waals surface area contributed by atoms with Gasteiger partial charge in [0.15, 0.2) is 0 Å². The summed E-state index contributed by atoms with van der Waals surface area (Å²) in [6.07, 6.45) is 1.85. The van der Waals surface area contributed by atoms with E-state index in [1.54, 1.807) is 18.2 Å². The number of rotatable bonds is 4. The van der Waals surface area contributed by atoms with Gasteiger partial charge in [-0.05, 0) is 30.9 Å². The molecule has 84 valence electrons. The first-order valence-electron chi connectivity index (χ1n) is 5.10. The standard InChI is InChI=1S/C11H12N2O2S/c12-8-11(9-6-7-9)13-16(14,15)10-4-2-1-3-5-10/h1-5,9,11,13H,6-7H2. The van der Waals surface area contributed by atoms with Crippen LogP contribution < -0.4 is 4.72 Å². The first kappa shape index (κ1) is 11.1. The fourth-order valence-corrected chi connectivity index (χ4v) is 2.72. The van der Waals surface area contributed by atoms with Gasteiger partial charge in [0.25, 0.3) is 0 Å². The molecule has 1 saturated carbocycles. The normalized spacial score (nSPS) is 17.7. The molecule has 5 heteroatoms. The highest BCUT2D eigenvalue weighted by atomic mass is 32.2. The highest BCUT2D eigenvalue weighted by molar-refractivity contribution is 7.89. The number of sulfonamides is 1. The van der Waals surface area contributed by atoms with Crippen LogP contribution in [0.5, 0.6) is 0 Å². The molecule has 1 N–H and O–H groups in total. The van der Waals surface area contributed by atoms with Gasteiger partial charge in [-0.2, -0.15) is 9.98 Å². The fourth-order valence-electron chi connectivity index (χ4n) is 1.49. The predicted octanol–water partition coefficient (Wildman–Crippen LogP) is 1.27. The van der Waals surface area contributed by atoms with Crippen molar-refractivity contribution in [2.24, 2.45) is 5.92 Å². The van der Waals surface area contributed by atoms with Crippen LogP contribution in [0, 0.1) is 17.2 Å². The van der Waals surface area contributed by atoms with Crippen molar-refractivity contribution < 1.29 is 8.42 Å². The minimum atomic E-state index is -3.55. The molecule has 4 nitrogen and oxygen atoms in total. The number of hydrogen-bond acceptors (Lipinski definition) is 3. The lowest BCUT2D eigenvalue weighted by Crippen LogP contribution is -2.35. The number of nitrogens with zero attached hydrogens (tertiary/aromatic N) is 1. The molecule has 0 spiro atoms. The SMILES string of the molecule is N#CC(NS(=O)(=O)c1ccccc1)C1CC1. The predicted molar refractivity (Wildman–Crippen MR) is 58.9 cm³/mol. The summed E-state index contributed by atoms with van der Waals surface area (Å²) in [4.78, 5) is 0.205. The molecule has 0 radical (unpaired) electrons. The second-order valence-electron chi connectivity index (χ2n) is 3.88. The molecule has 0 saturated heterocycles. The number of nitrogens with one attached hydrogen (secondary N) is 1. The topological polar surface area (TPSA) is 70.0 Å². The number of hydrogen-bond donors (Lipinski definition) is 1. The van der Waals surface area contributed by atoms with Crippen LogP contribution in [-0.2, 0) is 10.0 Å². The summed E-state index contributed by atoms with van der Waals surface area (Å²) in [7, 11) is -3.55. The van der Waals surface area contributed by atoms with E-state index in [1.165, 1.54) is 12.1 Å². The Morgan fingerprint density at radius 2 is 1.94 bits per heavy atom. The van der Waals surface area contributed by atoms with Crippen molar-refractivity contribution in [2.75, 3.05) is 0 Å². The zero-order valence-electron chi connectivity index (χ0n) is 8.63. The Balaban J connectivity index is 2.17. The molecule has 0 amide bonds. The van der Waals surface area contributed by atoms with Gasteiger partial charge in [-0.15, -0.1) is 0 Å². The minimum absolute atomic E-state index is 0.184. The van der Waals surface area contributed by atoms with Gasteiger partial charge >= 0.3 is 0 Å². The largest absolute Gasteiger partial charge is 0.241 e. The molecule has 0 heterocycles. The van der Waals surface area contributed by atoms with E-state index in [0.717, 1.165) is 12.8 Å². The maximum Gasteiger partial charge on any atom is 0.241 e. The van der Waals surface area contributed by atoms with Crippen LogP contribution in [0.25, 0.3) is 0 Å². The Hall–Kier alpha value is -1.38. The van der Waals surface area contributed by atoms with Crippen molar-refractivity contribution in [1.29, 1.82) is 5.26 Å². The smallest absolute Gasteiger partial charge is 0.207 e. The number of benzene rings is 1. The first-order chi connectivity index (χ1) is 7.63. The summed E-state index contributed by atoms with van der Waals surface area (Å²) in [5.41, 5.74) is 0.